The summed E-state index contributed by atoms with van der Waals surface area (Å²) in [6, 6.07) is 0. The number of rotatable bonds is 2. The van der Waals surface area contributed by atoms with Crippen LogP contribution in [0.5, 0.6) is 0 Å². The molecule has 1 saturated heterocycles. The maximum Gasteiger partial charge on any atom is 0.163 e. The van der Waals surface area contributed by atoms with Crippen LogP contribution in [0.1, 0.15) is 13.8 Å². The first kappa shape index (κ1) is 11.9. The Morgan fingerprint density at radius 2 is 2.00 bits per heavy atom. The summed E-state index contributed by atoms with van der Waals surface area (Å²) in [7, 11) is 1.46. The Morgan fingerprint density at radius 1 is 1.43 bits per heavy atom. The summed E-state index contributed by atoms with van der Waals surface area (Å²) < 4.78 is 10.4. The van der Waals surface area contributed by atoms with Crippen molar-refractivity contribution in [2.45, 2.75) is 37.9 Å². The van der Waals surface area contributed by atoms with Gasteiger partial charge in [-0.2, -0.15) is 0 Å². The zero-order chi connectivity index (χ0) is 10.9. The van der Waals surface area contributed by atoms with Crippen LogP contribution < -0.4 is 0 Å². The zero-order valence-corrected chi connectivity index (χ0v) is 8.67. The minimum absolute atomic E-state index is 0.324. The first-order valence-electron chi connectivity index (χ1n) is 4.64. The lowest BCUT2D eigenvalue weighted by atomic mass is 9.85. The van der Waals surface area contributed by atoms with E-state index in [-0.39, 0.29) is 12.5 Å². The van der Waals surface area contributed by atoms with Crippen molar-refractivity contribution >= 4 is 0 Å². The number of methoxy groups -OCH3 is 1. The second-order valence-corrected chi connectivity index (χ2v) is 3.99. The molecule has 1 aliphatic rings. The van der Waals surface area contributed by atoms with E-state index in [4.69, 9.17) is 14.6 Å². The number of aliphatic hydroxyl groups is 3. The summed E-state index contributed by atoms with van der Waals surface area (Å²) in [5.74, 6) is -0.324. The van der Waals surface area contributed by atoms with Crippen molar-refractivity contribution in [1.82, 2.24) is 0 Å². The highest BCUT2D eigenvalue weighted by atomic mass is 16.7. The van der Waals surface area contributed by atoms with Crippen LogP contribution >= 0.6 is 0 Å². The first-order chi connectivity index (χ1) is 6.46. The highest BCUT2D eigenvalue weighted by Crippen LogP contribution is 2.32. The number of hydrogen-bond acceptors (Lipinski definition) is 5. The number of hydrogen-bond donors (Lipinski definition) is 3. The Hall–Kier alpha value is -0.200. The fourth-order valence-electron chi connectivity index (χ4n) is 1.65. The van der Waals surface area contributed by atoms with Crippen molar-refractivity contribution in [3.8, 4) is 0 Å². The fourth-order valence-corrected chi connectivity index (χ4v) is 1.65. The molecule has 1 heterocycles. The molecular weight excluding hydrogens is 188 g/mol. The average Bonchev–Trinajstić information content (AvgIpc) is 2.20. The van der Waals surface area contributed by atoms with Crippen molar-refractivity contribution in [2.24, 2.45) is 5.92 Å². The Balaban J connectivity index is 2.84. The second-order valence-electron chi connectivity index (χ2n) is 3.99. The molecule has 0 aromatic carbocycles. The molecule has 5 nitrogen and oxygen atoms in total. The molecule has 0 radical (unpaired) electrons. The monoisotopic (exact) mass is 206 g/mol. The third-order valence-corrected chi connectivity index (χ3v) is 2.85. The van der Waals surface area contributed by atoms with Gasteiger partial charge in [0, 0.05) is 13.0 Å². The van der Waals surface area contributed by atoms with Gasteiger partial charge in [0.2, 0.25) is 0 Å². The largest absolute Gasteiger partial charge is 0.393 e. The summed E-state index contributed by atoms with van der Waals surface area (Å²) >= 11 is 0. The summed E-state index contributed by atoms with van der Waals surface area (Å²) in [6.45, 7) is 2.90. The van der Waals surface area contributed by atoms with Crippen LogP contribution in [0, 0.1) is 5.92 Å². The van der Waals surface area contributed by atoms with Gasteiger partial charge in [-0.1, -0.05) is 6.92 Å². The molecular formula is C9H18O5. The average molecular weight is 206 g/mol. The van der Waals surface area contributed by atoms with Crippen LogP contribution in [-0.2, 0) is 9.47 Å². The van der Waals surface area contributed by atoms with E-state index in [2.05, 4.69) is 0 Å². The molecule has 5 atom stereocenters. The summed E-state index contributed by atoms with van der Waals surface area (Å²) in [5, 5.41) is 28.5. The van der Waals surface area contributed by atoms with Gasteiger partial charge in [-0.15, -0.1) is 0 Å². The standard InChI is InChI=1S/C9H18O5/c1-5-6(11)7(12)9(2,4-10)14-8(5)13-3/h5-8,10-12H,4H2,1-3H3/t5-,6-,7-,8+,9-/m1/s1. The van der Waals surface area contributed by atoms with E-state index in [1.807, 2.05) is 0 Å². The van der Waals surface area contributed by atoms with Crippen LogP contribution in [0.15, 0.2) is 0 Å². The van der Waals surface area contributed by atoms with Gasteiger partial charge in [0.15, 0.2) is 6.29 Å². The van der Waals surface area contributed by atoms with Crippen molar-refractivity contribution in [2.75, 3.05) is 13.7 Å². The van der Waals surface area contributed by atoms with Gasteiger partial charge in [-0.05, 0) is 6.92 Å². The van der Waals surface area contributed by atoms with Gasteiger partial charge < -0.3 is 24.8 Å². The maximum absolute atomic E-state index is 9.69. The molecule has 0 amide bonds. The lowest BCUT2D eigenvalue weighted by Gasteiger charge is -2.46. The lowest BCUT2D eigenvalue weighted by Crippen LogP contribution is -2.62. The quantitative estimate of drug-likeness (QED) is 0.545. The van der Waals surface area contributed by atoms with Gasteiger partial charge in [-0.25, -0.2) is 0 Å². The molecule has 1 fully saturated rings. The Morgan fingerprint density at radius 3 is 2.43 bits per heavy atom. The Kier molecular flexibility index (Phi) is 3.49. The highest BCUT2D eigenvalue weighted by Gasteiger charge is 2.49. The molecule has 1 aliphatic heterocycles. The summed E-state index contributed by atoms with van der Waals surface area (Å²) in [6.07, 6.45) is -2.66. The molecule has 0 unspecified atom stereocenters. The van der Waals surface area contributed by atoms with E-state index >= 15 is 0 Å². The smallest absolute Gasteiger partial charge is 0.163 e. The topological polar surface area (TPSA) is 79.2 Å². The summed E-state index contributed by atoms with van der Waals surface area (Å²) in [5.41, 5.74) is -1.16. The lowest BCUT2D eigenvalue weighted by molar-refractivity contribution is -0.312. The van der Waals surface area contributed by atoms with Crippen LogP contribution in [-0.4, -0.2) is 53.1 Å². The van der Waals surface area contributed by atoms with Crippen molar-refractivity contribution in [3.63, 3.8) is 0 Å². The van der Waals surface area contributed by atoms with Gasteiger partial charge in [0.1, 0.15) is 11.7 Å². The molecule has 0 saturated carbocycles. The Bertz CT molecular complexity index is 196. The van der Waals surface area contributed by atoms with Gasteiger partial charge >= 0.3 is 0 Å². The van der Waals surface area contributed by atoms with Crippen LogP contribution in [0.4, 0.5) is 0 Å². The normalized spacial score (nSPS) is 49.3. The molecule has 0 spiro atoms. The molecule has 5 heteroatoms. The molecule has 0 aromatic rings. The van der Waals surface area contributed by atoms with Crippen molar-refractivity contribution in [1.29, 1.82) is 0 Å². The van der Waals surface area contributed by atoms with E-state index in [1.54, 1.807) is 13.8 Å². The summed E-state index contributed by atoms with van der Waals surface area (Å²) in [4.78, 5) is 0. The van der Waals surface area contributed by atoms with Gasteiger partial charge in [-0.3, -0.25) is 0 Å². The van der Waals surface area contributed by atoms with E-state index in [1.165, 1.54) is 7.11 Å². The van der Waals surface area contributed by atoms with E-state index in [9.17, 15) is 10.2 Å². The molecule has 3 N–H and O–H groups in total. The third kappa shape index (κ3) is 1.78. The number of ether oxygens (including phenoxy) is 2. The molecule has 14 heavy (non-hydrogen) atoms. The van der Waals surface area contributed by atoms with E-state index < -0.39 is 24.1 Å². The minimum Gasteiger partial charge on any atom is -0.393 e. The maximum atomic E-state index is 9.69. The number of aliphatic hydroxyl groups excluding tert-OH is 3. The van der Waals surface area contributed by atoms with Crippen LogP contribution in [0.25, 0.3) is 0 Å². The molecule has 1 rings (SSSR count). The second kappa shape index (κ2) is 4.12. The van der Waals surface area contributed by atoms with E-state index in [0.717, 1.165) is 0 Å². The van der Waals surface area contributed by atoms with Gasteiger partial charge in [0.05, 0.1) is 12.7 Å². The van der Waals surface area contributed by atoms with Gasteiger partial charge in [0.25, 0.3) is 0 Å². The minimum atomic E-state index is -1.16. The first-order valence-corrected chi connectivity index (χ1v) is 4.64. The van der Waals surface area contributed by atoms with Crippen LogP contribution in [0.3, 0.4) is 0 Å². The Labute approximate surface area is 83.3 Å². The van der Waals surface area contributed by atoms with Crippen molar-refractivity contribution in [3.05, 3.63) is 0 Å². The molecule has 0 bridgehead atoms. The van der Waals surface area contributed by atoms with Crippen molar-refractivity contribution < 1.29 is 24.8 Å². The fraction of sp³-hybridized carbons (Fsp3) is 1.00. The predicted molar refractivity (Wildman–Crippen MR) is 48.6 cm³/mol. The SMILES string of the molecule is CO[C@H]1O[C@](C)(CO)[C@H](O)[C@H](O)[C@H]1C. The third-order valence-electron chi connectivity index (χ3n) is 2.85. The molecule has 0 aromatic heterocycles. The molecule has 0 aliphatic carbocycles. The van der Waals surface area contributed by atoms with Crippen LogP contribution in [0.2, 0.25) is 0 Å². The predicted octanol–water partition coefficient (Wildman–Crippen LogP) is -0.902. The highest BCUT2D eigenvalue weighted by molar-refractivity contribution is 4.95. The zero-order valence-electron chi connectivity index (χ0n) is 8.67. The molecule has 84 valence electrons. The van der Waals surface area contributed by atoms with E-state index in [0.29, 0.717) is 0 Å².